The van der Waals surface area contributed by atoms with Crippen LogP contribution < -0.4 is 5.73 Å². The molecule has 0 aliphatic heterocycles. The van der Waals surface area contributed by atoms with E-state index in [1.807, 2.05) is 31.2 Å². The van der Waals surface area contributed by atoms with Gasteiger partial charge in [-0.3, -0.25) is 9.97 Å². The Morgan fingerprint density at radius 2 is 1.94 bits per heavy atom. The maximum absolute atomic E-state index is 6.14. The summed E-state index contributed by atoms with van der Waals surface area (Å²) in [7, 11) is 0. The predicted molar refractivity (Wildman–Crippen MR) is 63.8 cm³/mol. The highest BCUT2D eigenvalue weighted by Crippen LogP contribution is 2.16. The minimum Gasteiger partial charge on any atom is -0.322 e. The summed E-state index contributed by atoms with van der Waals surface area (Å²) in [6.07, 6.45) is 6.15. The normalized spacial score (nSPS) is 12.4. The first-order valence-corrected chi connectivity index (χ1v) is 5.33. The molecule has 1 atom stereocenters. The molecule has 0 amide bonds. The highest BCUT2D eigenvalue weighted by atomic mass is 14.8. The molecule has 3 heteroatoms. The highest BCUT2D eigenvalue weighted by molar-refractivity contribution is 5.23. The number of aromatic nitrogens is 2. The number of nitrogens with zero attached hydrogens (tertiary/aromatic N) is 2. The maximum atomic E-state index is 6.14. The van der Waals surface area contributed by atoms with Crippen LogP contribution >= 0.6 is 0 Å². The minimum atomic E-state index is -0.0522. The molecule has 2 rings (SSSR count). The van der Waals surface area contributed by atoms with Crippen molar-refractivity contribution in [2.24, 2.45) is 5.73 Å². The molecule has 82 valence electrons. The summed E-state index contributed by atoms with van der Waals surface area (Å²) in [6.45, 7) is 2.04. The first kappa shape index (κ1) is 10.8. The van der Waals surface area contributed by atoms with Gasteiger partial charge in [0.15, 0.2) is 0 Å². The van der Waals surface area contributed by atoms with Crippen molar-refractivity contribution in [3.05, 3.63) is 59.7 Å². The Bertz CT molecular complexity index is 454. The monoisotopic (exact) mass is 213 g/mol. The molecule has 0 aliphatic carbocycles. The van der Waals surface area contributed by atoms with Crippen LogP contribution in [-0.4, -0.2) is 9.97 Å². The average molecular weight is 213 g/mol. The molecule has 1 unspecified atom stereocenters. The second-order valence-electron chi connectivity index (χ2n) is 3.87. The largest absolute Gasteiger partial charge is 0.322 e. The zero-order valence-corrected chi connectivity index (χ0v) is 9.30. The number of pyridine rings is 2. The fraction of sp³-hybridized carbons (Fsp3) is 0.231. The van der Waals surface area contributed by atoms with E-state index in [1.165, 1.54) is 5.56 Å². The summed E-state index contributed by atoms with van der Waals surface area (Å²) >= 11 is 0. The summed E-state index contributed by atoms with van der Waals surface area (Å²) in [5.41, 5.74) is 9.45. The van der Waals surface area contributed by atoms with Crippen molar-refractivity contribution in [3.63, 3.8) is 0 Å². The molecule has 2 aromatic rings. The van der Waals surface area contributed by atoms with E-state index in [9.17, 15) is 0 Å². The topological polar surface area (TPSA) is 51.8 Å². The van der Waals surface area contributed by atoms with Gasteiger partial charge in [0.05, 0.1) is 11.7 Å². The summed E-state index contributed by atoms with van der Waals surface area (Å²) in [6, 6.07) is 7.88. The second-order valence-corrected chi connectivity index (χ2v) is 3.87. The molecule has 2 heterocycles. The van der Waals surface area contributed by atoms with Gasteiger partial charge in [0.25, 0.3) is 0 Å². The quantitative estimate of drug-likeness (QED) is 0.848. The predicted octanol–water partition coefficient (Wildman–Crippen LogP) is 2.03. The van der Waals surface area contributed by atoms with E-state index in [2.05, 4.69) is 9.97 Å². The molecule has 0 aliphatic rings. The van der Waals surface area contributed by atoms with Crippen LogP contribution in [-0.2, 0) is 6.42 Å². The van der Waals surface area contributed by atoms with Crippen molar-refractivity contribution in [2.75, 3.05) is 0 Å². The van der Waals surface area contributed by atoms with Crippen LogP contribution in [0, 0.1) is 6.92 Å². The lowest BCUT2D eigenvalue weighted by atomic mass is 10.0. The summed E-state index contributed by atoms with van der Waals surface area (Å²) in [5, 5.41) is 0. The number of aryl methyl sites for hydroxylation is 1. The lowest BCUT2D eigenvalue weighted by Gasteiger charge is -2.13. The second kappa shape index (κ2) is 4.86. The molecule has 16 heavy (non-hydrogen) atoms. The standard InChI is InChI=1S/C13H15N3/c1-10-3-2-6-16-13(10)12(14)9-11-4-7-15-8-5-11/h2-8,12H,9,14H2,1H3. The highest BCUT2D eigenvalue weighted by Gasteiger charge is 2.10. The van der Waals surface area contributed by atoms with E-state index < -0.39 is 0 Å². The van der Waals surface area contributed by atoms with E-state index in [-0.39, 0.29) is 6.04 Å². The summed E-state index contributed by atoms with van der Waals surface area (Å²) in [4.78, 5) is 8.32. The molecule has 0 bridgehead atoms. The molecule has 0 radical (unpaired) electrons. The van der Waals surface area contributed by atoms with Gasteiger partial charge >= 0.3 is 0 Å². The van der Waals surface area contributed by atoms with E-state index >= 15 is 0 Å². The van der Waals surface area contributed by atoms with Gasteiger partial charge in [0.1, 0.15) is 0 Å². The van der Waals surface area contributed by atoms with E-state index in [1.54, 1.807) is 18.6 Å². The van der Waals surface area contributed by atoms with Crippen molar-refractivity contribution >= 4 is 0 Å². The molecule has 3 nitrogen and oxygen atoms in total. The Hall–Kier alpha value is -1.74. The number of hydrogen-bond donors (Lipinski definition) is 1. The number of hydrogen-bond acceptors (Lipinski definition) is 3. The average Bonchev–Trinajstić information content (AvgIpc) is 2.31. The Morgan fingerprint density at radius 1 is 1.19 bits per heavy atom. The number of nitrogens with two attached hydrogens (primary N) is 1. The van der Waals surface area contributed by atoms with Gasteiger partial charge in [-0.1, -0.05) is 6.07 Å². The molecule has 0 fully saturated rings. The van der Waals surface area contributed by atoms with Gasteiger partial charge in [-0.05, 0) is 42.7 Å². The van der Waals surface area contributed by atoms with Crippen LogP contribution in [0.4, 0.5) is 0 Å². The van der Waals surface area contributed by atoms with Crippen LogP contribution in [0.5, 0.6) is 0 Å². The van der Waals surface area contributed by atoms with Crippen molar-refractivity contribution < 1.29 is 0 Å². The van der Waals surface area contributed by atoms with Crippen molar-refractivity contribution in [3.8, 4) is 0 Å². The first-order valence-electron chi connectivity index (χ1n) is 5.33. The van der Waals surface area contributed by atoms with E-state index in [0.717, 1.165) is 17.7 Å². The zero-order valence-electron chi connectivity index (χ0n) is 9.30. The van der Waals surface area contributed by atoms with Crippen LogP contribution in [0.15, 0.2) is 42.9 Å². The van der Waals surface area contributed by atoms with Crippen molar-refractivity contribution in [1.29, 1.82) is 0 Å². The molecule has 0 aromatic carbocycles. The van der Waals surface area contributed by atoms with E-state index in [4.69, 9.17) is 5.73 Å². The maximum Gasteiger partial charge on any atom is 0.0603 e. The first-order chi connectivity index (χ1) is 7.77. The van der Waals surface area contributed by atoms with Gasteiger partial charge in [0, 0.05) is 18.6 Å². The number of rotatable bonds is 3. The smallest absolute Gasteiger partial charge is 0.0603 e. The molecule has 2 aromatic heterocycles. The van der Waals surface area contributed by atoms with Crippen molar-refractivity contribution in [2.45, 2.75) is 19.4 Å². The van der Waals surface area contributed by atoms with Crippen LogP contribution in [0.1, 0.15) is 22.9 Å². The fourth-order valence-electron chi connectivity index (χ4n) is 1.76. The third kappa shape index (κ3) is 2.44. The van der Waals surface area contributed by atoms with Crippen molar-refractivity contribution in [1.82, 2.24) is 9.97 Å². The SMILES string of the molecule is Cc1cccnc1C(N)Cc1ccncc1. The van der Waals surface area contributed by atoms with E-state index in [0.29, 0.717) is 0 Å². The summed E-state index contributed by atoms with van der Waals surface area (Å²) < 4.78 is 0. The third-order valence-electron chi connectivity index (χ3n) is 2.61. The Kier molecular flexibility index (Phi) is 3.27. The Morgan fingerprint density at radius 3 is 2.62 bits per heavy atom. The zero-order chi connectivity index (χ0) is 11.4. The molecule has 0 saturated heterocycles. The lowest BCUT2D eigenvalue weighted by molar-refractivity contribution is 0.690. The lowest BCUT2D eigenvalue weighted by Crippen LogP contribution is -2.16. The van der Waals surface area contributed by atoms with Gasteiger partial charge < -0.3 is 5.73 Å². The van der Waals surface area contributed by atoms with Gasteiger partial charge in [0.2, 0.25) is 0 Å². The van der Waals surface area contributed by atoms with Gasteiger partial charge in [-0.15, -0.1) is 0 Å². The van der Waals surface area contributed by atoms with Crippen LogP contribution in [0.3, 0.4) is 0 Å². The van der Waals surface area contributed by atoms with Crippen LogP contribution in [0.25, 0.3) is 0 Å². The third-order valence-corrected chi connectivity index (χ3v) is 2.61. The summed E-state index contributed by atoms with van der Waals surface area (Å²) in [5.74, 6) is 0. The molecule has 2 N–H and O–H groups in total. The fourth-order valence-corrected chi connectivity index (χ4v) is 1.76. The Balaban J connectivity index is 2.15. The molecular formula is C13H15N3. The molecule has 0 saturated carbocycles. The Labute approximate surface area is 95.4 Å². The molecule has 0 spiro atoms. The minimum absolute atomic E-state index is 0.0522. The molecular weight excluding hydrogens is 198 g/mol. The van der Waals surface area contributed by atoms with Gasteiger partial charge in [-0.2, -0.15) is 0 Å². The van der Waals surface area contributed by atoms with Gasteiger partial charge in [-0.25, -0.2) is 0 Å². The van der Waals surface area contributed by atoms with Crippen LogP contribution in [0.2, 0.25) is 0 Å².